The molecule has 0 amide bonds. The van der Waals surface area contributed by atoms with Crippen molar-refractivity contribution < 1.29 is 0 Å². The van der Waals surface area contributed by atoms with Crippen molar-refractivity contribution in [2.75, 3.05) is 7.05 Å². The molecular formula is C4H7BN2. The summed E-state index contributed by atoms with van der Waals surface area (Å²) in [6, 6.07) is 0. The first kappa shape index (κ1) is 6.27. The minimum absolute atomic E-state index is 0.447. The van der Waals surface area contributed by atoms with E-state index >= 15 is 0 Å². The highest BCUT2D eigenvalue weighted by Crippen LogP contribution is 1.67. The van der Waals surface area contributed by atoms with Crippen molar-refractivity contribution in [3.05, 3.63) is 12.3 Å². The molecule has 36 valence electrons. The summed E-state index contributed by atoms with van der Waals surface area (Å²) in [6.07, 6.45) is 2.88. The van der Waals surface area contributed by atoms with Gasteiger partial charge in [-0.05, 0) is 17.9 Å². The summed E-state index contributed by atoms with van der Waals surface area (Å²) in [5, 5.41) is 0. The van der Waals surface area contributed by atoms with E-state index in [0.717, 1.165) is 0 Å². The normalized spacial score (nSPS) is 13.0. The van der Waals surface area contributed by atoms with E-state index in [1.54, 1.807) is 7.05 Å². The van der Waals surface area contributed by atoms with Crippen LogP contribution in [0.2, 0.25) is 0 Å². The lowest BCUT2D eigenvalue weighted by atomic mass is 10.0. The monoisotopic (exact) mass is 94.1 g/mol. The highest BCUT2D eigenvalue weighted by molar-refractivity contribution is 6.62. The van der Waals surface area contributed by atoms with Gasteiger partial charge >= 0.3 is 0 Å². The molecule has 0 rings (SSSR count). The summed E-state index contributed by atoms with van der Waals surface area (Å²) >= 11 is 0. The van der Waals surface area contributed by atoms with Gasteiger partial charge < -0.3 is 10.7 Å². The molecule has 0 aliphatic rings. The molecule has 0 atom stereocenters. The van der Waals surface area contributed by atoms with Crippen molar-refractivity contribution >= 4 is 13.5 Å². The van der Waals surface area contributed by atoms with E-state index in [-0.39, 0.29) is 0 Å². The number of hydrogen-bond donors (Lipinski definition) is 1. The van der Waals surface area contributed by atoms with Crippen LogP contribution in [-0.2, 0) is 0 Å². The first-order valence-electron chi connectivity index (χ1n) is 1.91. The summed E-state index contributed by atoms with van der Waals surface area (Å²) in [4.78, 5) is 3.61. The van der Waals surface area contributed by atoms with Crippen LogP contribution >= 0.6 is 0 Å². The van der Waals surface area contributed by atoms with Gasteiger partial charge in [0.05, 0.1) is 0 Å². The van der Waals surface area contributed by atoms with Crippen molar-refractivity contribution in [2.45, 2.75) is 0 Å². The Balaban J connectivity index is 3.58. The zero-order valence-electron chi connectivity index (χ0n) is 4.26. The Kier molecular flexibility index (Phi) is 3.11. The standard InChI is InChI=1S/C4H7BN2/c1-7-4(5)2-3-6/h2-3H,6H2,1H3. The number of allylic oxidation sites excluding steroid dienone is 1. The second kappa shape index (κ2) is 3.46. The Morgan fingerprint density at radius 3 is 2.57 bits per heavy atom. The average molecular weight is 93.9 g/mol. The summed E-state index contributed by atoms with van der Waals surface area (Å²) in [7, 11) is 6.77. The molecule has 0 aromatic heterocycles. The van der Waals surface area contributed by atoms with Gasteiger partial charge in [-0.25, -0.2) is 0 Å². The van der Waals surface area contributed by atoms with Crippen LogP contribution in [0.15, 0.2) is 17.3 Å². The predicted molar refractivity (Wildman–Crippen MR) is 32.4 cm³/mol. The second-order valence-corrected chi connectivity index (χ2v) is 1.01. The van der Waals surface area contributed by atoms with Gasteiger partial charge in [0.25, 0.3) is 0 Å². The molecule has 0 fully saturated rings. The van der Waals surface area contributed by atoms with Gasteiger partial charge in [-0.3, -0.25) is 0 Å². The Morgan fingerprint density at radius 2 is 2.43 bits per heavy atom. The lowest BCUT2D eigenvalue weighted by molar-refractivity contribution is 1.46. The molecule has 0 heterocycles. The molecular weight excluding hydrogens is 86.9 g/mol. The van der Waals surface area contributed by atoms with Crippen molar-refractivity contribution in [1.82, 2.24) is 0 Å². The molecule has 0 bridgehead atoms. The summed E-state index contributed by atoms with van der Waals surface area (Å²) in [5.41, 5.74) is 5.41. The van der Waals surface area contributed by atoms with E-state index in [9.17, 15) is 0 Å². The highest BCUT2D eigenvalue weighted by atomic mass is 14.6. The minimum atomic E-state index is 0.447. The van der Waals surface area contributed by atoms with E-state index in [1.807, 2.05) is 0 Å². The van der Waals surface area contributed by atoms with E-state index in [4.69, 9.17) is 13.6 Å². The van der Waals surface area contributed by atoms with Crippen molar-refractivity contribution in [3.63, 3.8) is 0 Å². The first-order chi connectivity index (χ1) is 3.31. The molecule has 0 spiro atoms. The van der Waals surface area contributed by atoms with E-state index in [2.05, 4.69) is 4.99 Å². The van der Waals surface area contributed by atoms with Gasteiger partial charge in [0.15, 0.2) is 0 Å². The number of hydrogen-bond acceptors (Lipinski definition) is 2. The zero-order valence-corrected chi connectivity index (χ0v) is 4.26. The summed E-state index contributed by atoms with van der Waals surface area (Å²) in [6.45, 7) is 0. The topological polar surface area (TPSA) is 38.4 Å². The molecule has 0 aromatic carbocycles. The Bertz CT molecular complexity index is 95.9. The molecule has 0 unspecified atom stereocenters. The maximum atomic E-state index is 5.17. The van der Waals surface area contributed by atoms with Gasteiger partial charge in [-0.2, -0.15) is 0 Å². The SMILES string of the molecule is [B]C(C=CN)=NC. The predicted octanol–water partition coefficient (Wildman–Crippen LogP) is -0.344. The Hall–Kier alpha value is -0.725. The van der Waals surface area contributed by atoms with Crippen molar-refractivity contribution in [2.24, 2.45) is 10.7 Å². The Labute approximate surface area is 44.5 Å². The Morgan fingerprint density at radius 1 is 1.86 bits per heavy atom. The lowest BCUT2D eigenvalue weighted by Gasteiger charge is -1.81. The van der Waals surface area contributed by atoms with Gasteiger partial charge in [-0.1, -0.05) is 0 Å². The highest BCUT2D eigenvalue weighted by Gasteiger charge is 1.72. The minimum Gasteiger partial charge on any atom is -0.405 e. The quantitative estimate of drug-likeness (QED) is 0.350. The van der Waals surface area contributed by atoms with Crippen molar-refractivity contribution in [3.8, 4) is 0 Å². The molecule has 0 aliphatic heterocycles. The number of nitrogens with zero attached hydrogens (tertiary/aromatic N) is 1. The second-order valence-electron chi connectivity index (χ2n) is 1.01. The molecule has 0 saturated carbocycles. The summed E-state index contributed by atoms with van der Waals surface area (Å²) in [5.74, 6) is 0. The van der Waals surface area contributed by atoms with Crippen LogP contribution in [0.5, 0.6) is 0 Å². The molecule has 0 aliphatic carbocycles. The van der Waals surface area contributed by atoms with Crippen LogP contribution in [-0.4, -0.2) is 20.5 Å². The van der Waals surface area contributed by atoms with Gasteiger partial charge in [0.1, 0.15) is 7.85 Å². The van der Waals surface area contributed by atoms with E-state index < -0.39 is 0 Å². The fourth-order valence-corrected chi connectivity index (χ4v) is 0.173. The number of aliphatic imine (C=N–C) groups is 1. The van der Waals surface area contributed by atoms with Crippen molar-refractivity contribution in [1.29, 1.82) is 0 Å². The molecule has 3 heteroatoms. The molecule has 2 nitrogen and oxygen atoms in total. The van der Waals surface area contributed by atoms with Crippen LogP contribution in [0.3, 0.4) is 0 Å². The van der Waals surface area contributed by atoms with Crippen LogP contribution in [0.1, 0.15) is 0 Å². The molecule has 0 aromatic rings. The van der Waals surface area contributed by atoms with Gasteiger partial charge in [0, 0.05) is 7.05 Å². The van der Waals surface area contributed by atoms with E-state index in [1.165, 1.54) is 12.3 Å². The maximum absolute atomic E-state index is 5.17. The fraction of sp³-hybridized carbons (Fsp3) is 0.250. The lowest BCUT2D eigenvalue weighted by Crippen LogP contribution is -1.91. The molecule has 7 heavy (non-hydrogen) atoms. The van der Waals surface area contributed by atoms with Gasteiger partial charge in [0.2, 0.25) is 0 Å². The first-order valence-corrected chi connectivity index (χ1v) is 1.91. The molecule has 2 radical (unpaired) electrons. The van der Waals surface area contributed by atoms with Gasteiger partial charge in [-0.15, -0.1) is 0 Å². The third kappa shape index (κ3) is 3.10. The zero-order chi connectivity index (χ0) is 5.70. The molecule has 2 N–H and O–H groups in total. The number of rotatable bonds is 1. The maximum Gasteiger partial charge on any atom is 0.141 e. The van der Waals surface area contributed by atoms with Crippen LogP contribution in [0.4, 0.5) is 0 Å². The van der Waals surface area contributed by atoms with Crippen LogP contribution < -0.4 is 5.73 Å². The number of nitrogens with two attached hydrogens (primary N) is 1. The third-order valence-corrected chi connectivity index (χ3v) is 0.525. The molecule has 0 saturated heterocycles. The largest absolute Gasteiger partial charge is 0.405 e. The third-order valence-electron chi connectivity index (χ3n) is 0.525. The van der Waals surface area contributed by atoms with E-state index in [0.29, 0.717) is 5.61 Å². The summed E-state index contributed by atoms with van der Waals surface area (Å²) < 4.78 is 0. The van der Waals surface area contributed by atoms with Crippen LogP contribution in [0.25, 0.3) is 0 Å². The van der Waals surface area contributed by atoms with Crippen LogP contribution in [0, 0.1) is 0 Å². The average Bonchev–Trinajstić information content (AvgIpc) is 1.68. The fourth-order valence-electron chi connectivity index (χ4n) is 0.173. The smallest absolute Gasteiger partial charge is 0.141 e.